The van der Waals surface area contributed by atoms with Gasteiger partial charge in [-0.25, -0.2) is 23.1 Å². The molecule has 4 rings (SSSR count). The third-order valence-corrected chi connectivity index (χ3v) is 6.16. The van der Waals surface area contributed by atoms with E-state index in [1.54, 1.807) is 30.5 Å². The van der Waals surface area contributed by atoms with Gasteiger partial charge in [0, 0.05) is 48.5 Å². The topological polar surface area (TPSA) is 155 Å². The Kier molecular flexibility index (Phi) is 7.93. The lowest BCUT2D eigenvalue weighted by Gasteiger charge is -2.13. The predicted molar refractivity (Wildman–Crippen MR) is 147 cm³/mol. The summed E-state index contributed by atoms with van der Waals surface area (Å²) in [5.74, 6) is -0.385. The summed E-state index contributed by atoms with van der Waals surface area (Å²) in [5, 5.41) is 9.17. The highest BCUT2D eigenvalue weighted by atomic mass is 32.2. The van der Waals surface area contributed by atoms with Gasteiger partial charge >= 0.3 is 0 Å². The van der Waals surface area contributed by atoms with Crippen molar-refractivity contribution in [2.45, 2.75) is 13.8 Å². The van der Waals surface area contributed by atoms with Crippen LogP contribution in [-0.2, 0) is 14.8 Å². The maximum atomic E-state index is 13.2. The van der Waals surface area contributed by atoms with Crippen LogP contribution < -0.4 is 20.7 Å². The Morgan fingerprint density at radius 1 is 0.921 bits per heavy atom. The highest BCUT2D eigenvalue weighted by Crippen LogP contribution is 2.29. The Morgan fingerprint density at radius 3 is 2.42 bits per heavy atom. The number of carbonyl (C=O) groups excluding carboxylic acids is 2. The molecule has 0 fully saturated rings. The number of aryl methyl sites for hydroxylation is 1. The number of anilines is 3. The van der Waals surface area contributed by atoms with Gasteiger partial charge in [-0.2, -0.15) is 4.98 Å². The van der Waals surface area contributed by atoms with Gasteiger partial charge in [-0.15, -0.1) is 0 Å². The number of nitrogens with one attached hydrogen (secondary N) is 4. The summed E-state index contributed by atoms with van der Waals surface area (Å²) in [6, 6.07) is 16.5. The van der Waals surface area contributed by atoms with Crippen molar-refractivity contribution in [1.82, 2.24) is 25.0 Å². The Morgan fingerprint density at radius 2 is 1.68 bits per heavy atom. The Hall–Kier alpha value is -4.42. The van der Waals surface area contributed by atoms with Crippen molar-refractivity contribution in [1.29, 1.82) is 0 Å². The summed E-state index contributed by atoms with van der Waals surface area (Å²) in [7, 11) is -3.37. The number of rotatable bonds is 9. The van der Waals surface area contributed by atoms with Crippen LogP contribution in [0, 0.1) is 6.92 Å². The van der Waals surface area contributed by atoms with E-state index in [1.807, 2.05) is 37.3 Å². The Bertz CT molecular complexity index is 1620. The number of carbonyl (C=O) groups is 2. The second-order valence-corrected chi connectivity index (χ2v) is 10.4. The maximum absolute atomic E-state index is 13.2. The Labute approximate surface area is 220 Å². The van der Waals surface area contributed by atoms with Crippen molar-refractivity contribution < 1.29 is 18.0 Å². The van der Waals surface area contributed by atoms with Gasteiger partial charge in [0.25, 0.3) is 5.91 Å². The van der Waals surface area contributed by atoms with Gasteiger partial charge in [0.05, 0.1) is 6.26 Å². The highest BCUT2D eigenvalue weighted by molar-refractivity contribution is 7.88. The van der Waals surface area contributed by atoms with Crippen LogP contribution in [0.2, 0.25) is 0 Å². The molecule has 0 atom stereocenters. The second kappa shape index (κ2) is 11.3. The van der Waals surface area contributed by atoms with E-state index in [9.17, 15) is 18.0 Å². The Balaban J connectivity index is 1.68. The summed E-state index contributed by atoms with van der Waals surface area (Å²) < 4.78 is 25.0. The molecule has 2 aromatic carbocycles. The minimum absolute atomic E-state index is 0.0473. The number of amides is 2. The zero-order valence-corrected chi connectivity index (χ0v) is 21.9. The molecule has 11 nitrogen and oxygen atoms in total. The lowest BCUT2D eigenvalue weighted by molar-refractivity contribution is -0.114. The molecule has 38 heavy (non-hydrogen) atoms. The van der Waals surface area contributed by atoms with Gasteiger partial charge in [-0.1, -0.05) is 30.3 Å². The summed E-state index contributed by atoms with van der Waals surface area (Å²) in [4.78, 5) is 38.0. The van der Waals surface area contributed by atoms with Crippen LogP contribution in [0.15, 0.2) is 60.8 Å². The summed E-state index contributed by atoms with van der Waals surface area (Å²) in [5.41, 5.74) is 4.13. The van der Waals surface area contributed by atoms with Gasteiger partial charge in [-0.05, 0) is 42.3 Å². The molecule has 2 amide bonds. The van der Waals surface area contributed by atoms with Gasteiger partial charge in [0.1, 0.15) is 5.69 Å². The zero-order valence-electron chi connectivity index (χ0n) is 21.1. The molecular formula is C26H27N7O4S. The molecule has 196 valence electrons. The molecule has 0 unspecified atom stereocenters. The first-order valence-electron chi connectivity index (χ1n) is 11.7. The minimum Gasteiger partial charge on any atom is -0.349 e. The van der Waals surface area contributed by atoms with Crippen molar-refractivity contribution in [2.75, 3.05) is 30.0 Å². The number of aromatic nitrogens is 3. The number of sulfonamides is 1. The molecule has 0 aliphatic carbocycles. The summed E-state index contributed by atoms with van der Waals surface area (Å²) in [6.07, 6.45) is 2.67. The first-order valence-corrected chi connectivity index (χ1v) is 13.6. The molecule has 0 aliphatic rings. The van der Waals surface area contributed by atoms with E-state index in [2.05, 4.69) is 35.6 Å². The largest absolute Gasteiger partial charge is 0.349 e. The molecule has 4 N–H and O–H groups in total. The molecule has 4 aromatic rings. The number of fused-ring (bicyclic) bond motifs is 1. The molecule has 0 spiro atoms. The van der Waals surface area contributed by atoms with Gasteiger partial charge in [0.2, 0.25) is 21.9 Å². The van der Waals surface area contributed by atoms with Crippen molar-refractivity contribution in [2.24, 2.45) is 0 Å². The van der Waals surface area contributed by atoms with E-state index in [0.29, 0.717) is 28.0 Å². The molecule has 2 heterocycles. The van der Waals surface area contributed by atoms with E-state index in [-0.39, 0.29) is 30.6 Å². The summed E-state index contributed by atoms with van der Waals surface area (Å²) in [6.45, 7) is 3.50. The lowest BCUT2D eigenvalue weighted by atomic mass is 9.98. The van der Waals surface area contributed by atoms with E-state index in [4.69, 9.17) is 0 Å². The van der Waals surface area contributed by atoms with Crippen LogP contribution in [0.1, 0.15) is 23.0 Å². The van der Waals surface area contributed by atoms with Crippen molar-refractivity contribution in [3.05, 3.63) is 72.1 Å². The average Bonchev–Trinajstić information content (AvgIpc) is 2.85. The van der Waals surface area contributed by atoms with Crippen molar-refractivity contribution >= 4 is 50.2 Å². The molecule has 0 aliphatic heterocycles. The smallest absolute Gasteiger partial charge is 0.270 e. The highest BCUT2D eigenvalue weighted by Gasteiger charge is 2.18. The van der Waals surface area contributed by atoms with Crippen LogP contribution in [0.4, 0.5) is 17.3 Å². The third-order valence-electron chi connectivity index (χ3n) is 5.43. The van der Waals surface area contributed by atoms with Gasteiger partial charge < -0.3 is 16.0 Å². The molecular weight excluding hydrogens is 506 g/mol. The predicted octanol–water partition coefficient (Wildman–Crippen LogP) is 2.98. The molecule has 12 heteroatoms. The fourth-order valence-corrected chi connectivity index (χ4v) is 4.25. The van der Waals surface area contributed by atoms with E-state index >= 15 is 0 Å². The molecule has 0 saturated carbocycles. The number of nitrogens with zero attached hydrogens (tertiary/aromatic N) is 3. The zero-order chi connectivity index (χ0) is 27.3. The van der Waals surface area contributed by atoms with Crippen LogP contribution in [0.3, 0.4) is 0 Å². The number of hydrogen-bond acceptors (Lipinski definition) is 8. The van der Waals surface area contributed by atoms with Crippen LogP contribution in [-0.4, -0.2) is 54.5 Å². The SMILES string of the molecule is CC(=O)Nc1cccc(Nc2ncc3cc(-c4ccccc4C)c(C(=O)NCCNS(C)(=O)=O)nc3n2)c1. The standard InChI is InChI=1S/C26H27N7O4S/c1-16-7-4-5-10-21(16)22-13-18-15-28-26(31-20-9-6-8-19(14-20)30-17(2)34)33-24(18)32-23(22)25(35)27-11-12-29-38(3,36)37/h4-10,13-15,29H,11-12H2,1-3H3,(H,27,35)(H,30,34)(H,28,31,32,33). The van der Waals surface area contributed by atoms with Crippen LogP contribution in [0.5, 0.6) is 0 Å². The van der Waals surface area contributed by atoms with Crippen LogP contribution >= 0.6 is 0 Å². The van der Waals surface area contributed by atoms with Crippen molar-refractivity contribution in [3.8, 4) is 11.1 Å². The van der Waals surface area contributed by atoms with E-state index in [1.165, 1.54) is 6.92 Å². The van der Waals surface area contributed by atoms with E-state index in [0.717, 1.165) is 17.4 Å². The summed E-state index contributed by atoms with van der Waals surface area (Å²) >= 11 is 0. The monoisotopic (exact) mass is 533 g/mol. The second-order valence-electron chi connectivity index (χ2n) is 8.62. The van der Waals surface area contributed by atoms with Gasteiger partial charge in [0.15, 0.2) is 5.65 Å². The first kappa shape index (κ1) is 26.6. The normalized spacial score (nSPS) is 11.2. The molecule has 0 bridgehead atoms. The van der Waals surface area contributed by atoms with Gasteiger partial charge in [-0.3, -0.25) is 9.59 Å². The number of hydrogen-bond donors (Lipinski definition) is 4. The molecule has 0 saturated heterocycles. The van der Waals surface area contributed by atoms with Crippen molar-refractivity contribution in [3.63, 3.8) is 0 Å². The average molecular weight is 534 g/mol. The fourth-order valence-electron chi connectivity index (χ4n) is 3.78. The number of pyridine rings is 1. The van der Waals surface area contributed by atoms with Crippen LogP contribution in [0.25, 0.3) is 22.2 Å². The lowest BCUT2D eigenvalue weighted by Crippen LogP contribution is -2.34. The molecule has 0 radical (unpaired) electrons. The third kappa shape index (κ3) is 6.87. The first-order chi connectivity index (χ1) is 18.1. The van der Waals surface area contributed by atoms with E-state index < -0.39 is 15.9 Å². The minimum atomic E-state index is -3.37. The molecule has 2 aromatic heterocycles. The fraction of sp³-hybridized carbons (Fsp3) is 0.192. The number of benzene rings is 2. The quantitative estimate of drug-likeness (QED) is 0.239. The maximum Gasteiger partial charge on any atom is 0.270 e.